The van der Waals surface area contributed by atoms with Gasteiger partial charge in [0.1, 0.15) is 11.3 Å². The van der Waals surface area contributed by atoms with Crippen molar-refractivity contribution in [2.24, 2.45) is 0 Å². The highest BCUT2D eigenvalue weighted by molar-refractivity contribution is 6.19. The first-order valence-corrected chi connectivity index (χ1v) is 5.68. The Hall–Kier alpha value is -1.47. The Morgan fingerprint density at radius 1 is 1.44 bits per heavy atom. The molecule has 0 fully saturated rings. The van der Waals surface area contributed by atoms with Crippen LogP contribution in [0.15, 0.2) is 35.3 Å². The van der Waals surface area contributed by atoms with Crippen molar-refractivity contribution in [2.45, 2.75) is 6.92 Å². The van der Waals surface area contributed by atoms with Crippen molar-refractivity contribution in [3.05, 3.63) is 47.7 Å². The molecule has 0 aliphatic rings. The van der Waals surface area contributed by atoms with Gasteiger partial charge in [0, 0.05) is 16.8 Å². The maximum absolute atomic E-state index is 5.76. The second kappa shape index (κ2) is 4.58. The molecule has 1 heterocycles. The van der Waals surface area contributed by atoms with E-state index in [1.54, 1.807) is 0 Å². The van der Waals surface area contributed by atoms with Crippen LogP contribution >= 0.6 is 11.6 Å². The number of furan rings is 1. The molecule has 0 unspecified atom stereocenters. The van der Waals surface area contributed by atoms with E-state index >= 15 is 0 Å². The summed E-state index contributed by atoms with van der Waals surface area (Å²) in [4.78, 5) is 0. The highest BCUT2D eigenvalue weighted by Crippen LogP contribution is 2.30. The van der Waals surface area contributed by atoms with Gasteiger partial charge in [-0.25, -0.2) is 0 Å². The van der Waals surface area contributed by atoms with E-state index in [0.717, 1.165) is 22.3 Å². The molecule has 16 heavy (non-hydrogen) atoms. The molecule has 0 spiro atoms. The van der Waals surface area contributed by atoms with E-state index in [1.807, 2.05) is 30.4 Å². The summed E-state index contributed by atoms with van der Waals surface area (Å²) in [7, 11) is 0. The second-order valence-electron chi connectivity index (χ2n) is 3.59. The lowest BCUT2D eigenvalue weighted by molar-refractivity contribution is 0.603. The first-order valence-electron chi connectivity index (χ1n) is 5.15. The van der Waals surface area contributed by atoms with Gasteiger partial charge in [-0.15, -0.1) is 11.6 Å². The zero-order valence-electron chi connectivity index (χ0n) is 9.16. The second-order valence-corrected chi connectivity index (χ2v) is 3.90. The quantitative estimate of drug-likeness (QED) is 0.703. The Kier molecular flexibility index (Phi) is 3.16. The molecule has 0 aliphatic carbocycles. The van der Waals surface area contributed by atoms with E-state index in [1.165, 1.54) is 5.56 Å². The van der Waals surface area contributed by atoms with Gasteiger partial charge in [-0.2, -0.15) is 0 Å². The Labute approximate surface area is 100 Å². The zero-order chi connectivity index (χ0) is 11.5. The topological polar surface area (TPSA) is 13.1 Å². The van der Waals surface area contributed by atoms with Gasteiger partial charge in [0.15, 0.2) is 0 Å². The highest BCUT2D eigenvalue weighted by Gasteiger charge is 2.10. The summed E-state index contributed by atoms with van der Waals surface area (Å²) in [5, 5.41) is 1.13. The fourth-order valence-electron chi connectivity index (χ4n) is 1.85. The summed E-state index contributed by atoms with van der Waals surface area (Å²) in [6.45, 7) is 5.91. The van der Waals surface area contributed by atoms with Crippen molar-refractivity contribution in [1.29, 1.82) is 0 Å². The van der Waals surface area contributed by atoms with Crippen molar-refractivity contribution in [3.8, 4) is 0 Å². The maximum Gasteiger partial charge on any atom is 0.135 e. The molecule has 2 rings (SSSR count). The summed E-state index contributed by atoms with van der Waals surface area (Å²) in [6.07, 6.45) is 5.58. The molecule has 0 N–H and O–H groups in total. The number of halogens is 1. The molecule has 82 valence electrons. The van der Waals surface area contributed by atoms with Gasteiger partial charge < -0.3 is 4.42 Å². The third-order valence-electron chi connectivity index (χ3n) is 2.55. The molecule has 1 aromatic heterocycles. The molecular formula is C14H13ClO. The van der Waals surface area contributed by atoms with Crippen LogP contribution in [0.4, 0.5) is 0 Å². The van der Waals surface area contributed by atoms with E-state index in [-0.39, 0.29) is 0 Å². The number of allylic oxidation sites excluding steroid dienone is 1. The van der Waals surface area contributed by atoms with Crippen LogP contribution in [0.25, 0.3) is 23.1 Å². The highest BCUT2D eigenvalue weighted by atomic mass is 35.5. The molecule has 1 aromatic carbocycles. The molecule has 0 atom stereocenters. The molecule has 0 aliphatic heterocycles. The lowest BCUT2D eigenvalue weighted by Crippen LogP contribution is -1.77. The fourth-order valence-corrected chi connectivity index (χ4v) is 1.93. The van der Waals surface area contributed by atoms with Gasteiger partial charge in [0.25, 0.3) is 0 Å². The molecular weight excluding hydrogens is 220 g/mol. The first-order chi connectivity index (χ1) is 7.77. The third kappa shape index (κ3) is 1.79. The average molecular weight is 233 g/mol. The smallest absolute Gasteiger partial charge is 0.135 e. The summed E-state index contributed by atoms with van der Waals surface area (Å²) >= 11 is 5.62. The molecule has 2 heteroatoms. The van der Waals surface area contributed by atoms with Crippen molar-refractivity contribution < 1.29 is 4.42 Å². The van der Waals surface area contributed by atoms with Crippen molar-refractivity contribution in [3.63, 3.8) is 0 Å². The minimum atomic E-state index is 0.479. The van der Waals surface area contributed by atoms with Crippen LogP contribution in [0, 0.1) is 6.92 Å². The first kappa shape index (κ1) is 11.0. The number of benzene rings is 1. The average Bonchev–Trinajstić information content (AvgIpc) is 2.65. The molecule has 0 saturated carbocycles. The largest absolute Gasteiger partial charge is 0.456 e. The van der Waals surface area contributed by atoms with E-state index in [0.29, 0.717) is 5.88 Å². The molecule has 0 saturated heterocycles. The molecule has 0 bridgehead atoms. The number of alkyl halides is 1. The Bertz CT molecular complexity index is 549. The third-order valence-corrected chi connectivity index (χ3v) is 2.73. The van der Waals surface area contributed by atoms with E-state index in [9.17, 15) is 0 Å². The number of hydrogen-bond acceptors (Lipinski definition) is 1. The van der Waals surface area contributed by atoms with Gasteiger partial charge in [-0.1, -0.05) is 30.9 Å². The van der Waals surface area contributed by atoms with Crippen LogP contribution in [-0.2, 0) is 0 Å². The minimum absolute atomic E-state index is 0.479. The normalized spacial score (nSPS) is 11.4. The summed E-state index contributed by atoms with van der Waals surface area (Å²) < 4.78 is 5.76. The van der Waals surface area contributed by atoms with Crippen LogP contribution in [0.5, 0.6) is 0 Å². The van der Waals surface area contributed by atoms with Crippen LogP contribution in [-0.4, -0.2) is 5.88 Å². The summed E-state index contributed by atoms with van der Waals surface area (Å²) in [6, 6.07) is 6.02. The molecule has 0 radical (unpaired) electrons. The zero-order valence-corrected chi connectivity index (χ0v) is 9.92. The van der Waals surface area contributed by atoms with Crippen LogP contribution < -0.4 is 0 Å². The minimum Gasteiger partial charge on any atom is -0.456 e. The van der Waals surface area contributed by atoms with E-state index in [4.69, 9.17) is 16.0 Å². The van der Waals surface area contributed by atoms with E-state index in [2.05, 4.69) is 19.6 Å². The number of fused-ring (bicyclic) bond motifs is 1. The Morgan fingerprint density at radius 2 is 2.25 bits per heavy atom. The summed E-state index contributed by atoms with van der Waals surface area (Å²) in [5.41, 5.74) is 3.13. The lowest BCUT2D eigenvalue weighted by atomic mass is 10.1. The molecule has 0 amide bonds. The van der Waals surface area contributed by atoms with Crippen molar-refractivity contribution in [2.75, 3.05) is 5.88 Å². The van der Waals surface area contributed by atoms with E-state index < -0.39 is 0 Å². The van der Waals surface area contributed by atoms with Gasteiger partial charge in [0.05, 0.1) is 0 Å². The predicted molar refractivity (Wildman–Crippen MR) is 70.8 cm³/mol. The predicted octanol–water partition coefficient (Wildman–Crippen LogP) is 4.64. The van der Waals surface area contributed by atoms with Crippen molar-refractivity contribution in [1.82, 2.24) is 0 Å². The lowest BCUT2D eigenvalue weighted by Gasteiger charge is -1.95. The van der Waals surface area contributed by atoms with Crippen LogP contribution in [0.2, 0.25) is 0 Å². The SMILES string of the molecule is C=Cc1c(/C=C\CCl)oc2cccc(C)c12. The van der Waals surface area contributed by atoms with Crippen molar-refractivity contribution >= 4 is 34.7 Å². The number of rotatable bonds is 3. The fraction of sp³-hybridized carbons (Fsp3) is 0.143. The number of aryl methyl sites for hydroxylation is 1. The van der Waals surface area contributed by atoms with Gasteiger partial charge >= 0.3 is 0 Å². The maximum atomic E-state index is 5.76. The molecule has 1 nitrogen and oxygen atoms in total. The Morgan fingerprint density at radius 3 is 2.94 bits per heavy atom. The summed E-state index contributed by atoms with van der Waals surface area (Å²) in [5.74, 6) is 1.30. The standard InChI is InChI=1S/C14H13ClO/c1-3-11-12(8-5-9-15)16-13-7-4-6-10(2)14(11)13/h3-8H,1,9H2,2H3/b8-5-. The van der Waals surface area contributed by atoms with Gasteiger partial charge in [-0.3, -0.25) is 0 Å². The van der Waals surface area contributed by atoms with Gasteiger partial charge in [-0.05, 0) is 24.6 Å². The van der Waals surface area contributed by atoms with Crippen LogP contribution in [0.1, 0.15) is 16.9 Å². The van der Waals surface area contributed by atoms with Crippen LogP contribution in [0.3, 0.4) is 0 Å². The van der Waals surface area contributed by atoms with Gasteiger partial charge in [0.2, 0.25) is 0 Å². The number of hydrogen-bond donors (Lipinski definition) is 0. The monoisotopic (exact) mass is 232 g/mol. The molecule has 2 aromatic rings. The Balaban J connectivity index is 2.72.